The predicted octanol–water partition coefficient (Wildman–Crippen LogP) is 4.20. The lowest BCUT2D eigenvalue weighted by molar-refractivity contribution is -0.00804. The highest BCUT2D eigenvalue weighted by molar-refractivity contribution is 5.80. The van der Waals surface area contributed by atoms with Crippen LogP contribution >= 0.6 is 0 Å². The lowest BCUT2D eigenvalue weighted by Crippen LogP contribution is -2.53. The number of nitrogens with one attached hydrogen (secondary N) is 1. The van der Waals surface area contributed by atoms with Crippen LogP contribution in [0.3, 0.4) is 0 Å². The number of hydrogen-bond donors (Lipinski definition) is 1. The summed E-state index contributed by atoms with van der Waals surface area (Å²) in [6.07, 6.45) is 4.97. The van der Waals surface area contributed by atoms with E-state index in [1.165, 1.54) is 11.1 Å². The minimum atomic E-state index is -0.239. The van der Waals surface area contributed by atoms with Gasteiger partial charge in [0, 0.05) is 76.4 Å². The first-order valence-corrected chi connectivity index (χ1v) is 13.5. The summed E-state index contributed by atoms with van der Waals surface area (Å²) in [5, 5.41) is 7.58. The van der Waals surface area contributed by atoms with Crippen molar-refractivity contribution in [1.29, 1.82) is 0 Å². The summed E-state index contributed by atoms with van der Waals surface area (Å²) in [7, 11) is 1.84. The number of rotatable bonds is 6. The van der Waals surface area contributed by atoms with Gasteiger partial charge in [0.15, 0.2) is 0 Å². The maximum atomic E-state index is 12.4. The van der Waals surface area contributed by atoms with Gasteiger partial charge in [-0.1, -0.05) is 24.3 Å². The molecule has 0 spiro atoms. The Balaban J connectivity index is 1.34. The molecule has 2 fully saturated rings. The summed E-state index contributed by atoms with van der Waals surface area (Å²) < 4.78 is 8.06. The number of benzene rings is 1. The van der Waals surface area contributed by atoms with Gasteiger partial charge >= 0.3 is 6.03 Å². The molecule has 1 atom stereocenters. The van der Waals surface area contributed by atoms with Crippen molar-refractivity contribution < 1.29 is 9.53 Å². The van der Waals surface area contributed by atoms with Crippen molar-refractivity contribution in [2.45, 2.75) is 51.8 Å². The van der Waals surface area contributed by atoms with Gasteiger partial charge in [0.05, 0.1) is 11.2 Å². The molecule has 2 saturated heterocycles. The quantitative estimate of drug-likeness (QED) is 0.545. The molecule has 2 aliphatic rings. The number of likely N-dealkylation sites (tertiary alicyclic amines) is 1. The molecule has 2 amide bonds. The fourth-order valence-electron chi connectivity index (χ4n) is 5.65. The molecule has 0 bridgehead atoms. The first-order chi connectivity index (χ1) is 17.8. The van der Waals surface area contributed by atoms with E-state index in [-0.39, 0.29) is 17.7 Å². The number of aromatic nitrogens is 2. The molecule has 1 aromatic carbocycles. The van der Waals surface area contributed by atoms with Crippen LogP contribution in [-0.2, 0) is 10.3 Å². The zero-order valence-corrected chi connectivity index (χ0v) is 22.8. The number of urea groups is 1. The highest BCUT2D eigenvalue weighted by atomic mass is 16.5. The first-order valence-electron chi connectivity index (χ1n) is 13.5. The van der Waals surface area contributed by atoms with E-state index in [1.54, 1.807) is 0 Å². The number of methoxy groups -OCH3 is 1. The van der Waals surface area contributed by atoms with Gasteiger partial charge in [0.1, 0.15) is 5.60 Å². The number of carbonyl (C=O) groups excluding carboxylic acids is 1. The van der Waals surface area contributed by atoms with E-state index in [4.69, 9.17) is 4.74 Å². The molecule has 2 aromatic heterocycles. The van der Waals surface area contributed by atoms with Gasteiger partial charge in [-0.15, -0.1) is 0 Å². The van der Waals surface area contributed by atoms with E-state index < -0.39 is 0 Å². The van der Waals surface area contributed by atoms with Crippen molar-refractivity contribution in [3.05, 3.63) is 54.4 Å². The Morgan fingerprint density at radius 1 is 1.00 bits per heavy atom. The van der Waals surface area contributed by atoms with E-state index in [0.717, 1.165) is 49.4 Å². The summed E-state index contributed by atoms with van der Waals surface area (Å²) in [6, 6.07) is 13.8. The van der Waals surface area contributed by atoms with E-state index in [0.29, 0.717) is 19.1 Å². The number of hydrogen-bond acceptors (Lipinski definition) is 5. The molecule has 5 rings (SSSR count). The fourth-order valence-corrected chi connectivity index (χ4v) is 5.65. The highest BCUT2D eigenvalue weighted by Crippen LogP contribution is 2.37. The normalized spacial score (nSPS) is 20.9. The molecule has 0 unspecified atom stereocenters. The van der Waals surface area contributed by atoms with Crippen LogP contribution in [0.15, 0.2) is 48.8 Å². The Hall–Kier alpha value is -3.10. The molecular weight excluding hydrogens is 464 g/mol. The lowest BCUT2D eigenvalue weighted by Gasteiger charge is -2.36. The number of carbonyl (C=O) groups is 1. The molecule has 3 aromatic rings. The Morgan fingerprint density at radius 2 is 1.73 bits per heavy atom. The summed E-state index contributed by atoms with van der Waals surface area (Å²) in [5.41, 5.74) is 5.54. The molecule has 0 saturated carbocycles. The minimum absolute atomic E-state index is 0.0210. The molecule has 198 valence electrons. The SMILES string of the molecule is CO[C@@]1(c2ccc(-c3cc4c(N5CCN(C(=O)NC(C)C)CC5)ccnn4c3)cc2)CCN(C(C)C)C1. The zero-order valence-electron chi connectivity index (χ0n) is 22.8. The van der Waals surface area contributed by atoms with Gasteiger partial charge in [0.2, 0.25) is 0 Å². The zero-order chi connectivity index (χ0) is 26.2. The molecular formula is C29H40N6O2. The third-order valence-electron chi connectivity index (χ3n) is 7.93. The molecule has 4 heterocycles. The number of nitrogens with zero attached hydrogens (tertiary/aromatic N) is 5. The van der Waals surface area contributed by atoms with Gasteiger partial charge in [-0.05, 0) is 57.4 Å². The fraction of sp³-hybridized carbons (Fsp3) is 0.517. The predicted molar refractivity (Wildman–Crippen MR) is 148 cm³/mol. The Kier molecular flexibility index (Phi) is 7.14. The Morgan fingerprint density at radius 3 is 2.35 bits per heavy atom. The van der Waals surface area contributed by atoms with Gasteiger partial charge in [0.25, 0.3) is 0 Å². The highest BCUT2D eigenvalue weighted by Gasteiger charge is 2.40. The maximum Gasteiger partial charge on any atom is 0.317 e. The van der Waals surface area contributed by atoms with Crippen molar-refractivity contribution in [3.8, 4) is 11.1 Å². The van der Waals surface area contributed by atoms with Crippen LogP contribution in [0.1, 0.15) is 39.7 Å². The van der Waals surface area contributed by atoms with Crippen LogP contribution in [0, 0.1) is 0 Å². The van der Waals surface area contributed by atoms with E-state index >= 15 is 0 Å². The van der Waals surface area contributed by atoms with Crippen molar-refractivity contribution >= 4 is 17.2 Å². The van der Waals surface area contributed by atoms with Crippen LogP contribution in [0.5, 0.6) is 0 Å². The number of fused-ring (bicyclic) bond motifs is 1. The molecule has 1 N–H and O–H groups in total. The smallest absolute Gasteiger partial charge is 0.317 e. The maximum absolute atomic E-state index is 12.4. The van der Waals surface area contributed by atoms with Crippen molar-refractivity contribution in [1.82, 2.24) is 24.7 Å². The summed E-state index contributed by atoms with van der Waals surface area (Å²) in [4.78, 5) is 19.1. The summed E-state index contributed by atoms with van der Waals surface area (Å²) >= 11 is 0. The third-order valence-corrected chi connectivity index (χ3v) is 7.93. The molecule has 8 heteroatoms. The van der Waals surface area contributed by atoms with Gasteiger partial charge in [-0.25, -0.2) is 9.31 Å². The number of amides is 2. The van der Waals surface area contributed by atoms with Crippen LogP contribution < -0.4 is 10.2 Å². The van der Waals surface area contributed by atoms with Gasteiger partial charge in [-0.2, -0.15) is 5.10 Å². The van der Waals surface area contributed by atoms with E-state index in [1.807, 2.05) is 36.6 Å². The average Bonchev–Trinajstić information content (AvgIpc) is 3.54. The molecule has 37 heavy (non-hydrogen) atoms. The second-order valence-corrected chi connectivity index (χ2v) is 10.9. The average molecular weight is 505 g/mol. The lowest BCUT2D eigenvalue weighted by atomic mass is 9.91. The topological polar surface area (TPSA) is 65.3 Å². The first kappa shape index (κ1) is 25.5. The van der Waals surface area contributed by atoms with Crippen molar-refractivity contribution in [3.63, 3.8) is 0 Å². The van der Waals surface area contributed by atoms with E-state index in [9.17, 15) is 4.79 Å². The number of anilines is 1. The van der Waals surface area contributed by atoms with Crippen LogP contribution in [-0.4, -0.2) is 83.9 Å². The number of ether oxygens (including phenoxy) is 1. The van der Waals surface area contributed by atoms with Crippen molar-refractivity contribution in [2.24, 2.45) is 0 Å². The Labute approximate surface area is 220 Å². The molecule has 0 aliphatic carbocycles. The second-order valence-electron chi connectivity index (χ2n) is 10.9. The van der Waals surface area contributed by atoms with Gasteiger partial charge in [-0.3, -0.25) is 4.90 Å². The van der Waals surface area contributed by atoms with Gasteiger partial charge < -0.3 is 19.9 Å². The van der Waals surface area contributed by atoms with Crippen LogP contribution in [0.2, 0.25) is 0 Å². The summed E-state index contributed by atoms with van der Waals surface area (Å²) in [5.74, 6) is 0. The monoisotopic (exact) mass is 504 g/mol. The summed E-state index contributed by atoms with van der Waals surface area (Å²) in [6.45, 7) is 13.5. The molecule has 2 aliphatic heterocycles. The number of piperazine rings is 1. The standard InChI is InChI=1S/C29H40N6O2/c1-21(2)31-28(36)33-16-14-32(15-17-33)26-10-12-30-35-19-24(18-27(26)35)23-6-8-25(9-7-23)29(37-5)11-13-34(20-29)22(3)4/h6-10,12,18-19,21-22H,11,13-17,20H2,1-5H3,(H,31,36)/t29-/m0/s1. The van der Waals surface area contributed by atoms with E-state index in [2.05, 4.69) is 76.7 Å². The van der Waals surface area contributed by atoms with Crippen LogP contribution in [0.4, 0.5) is 10.5 Å². The molecule has 8 nitrogen and oxygen atoms in total. The third kappa shape index (κ3) is 5.05. The Bertz CT molecular complexity index is 1230. The largest absolute Gasteiger partial charge is 0.372 e. The van der Waals surface area contributed by atoms with Crippen molar-refractivity contribution in [2.75, 3.05) is 51.3 Å². The van der Waals surface area contributed by atoms with Crippen LogP contribution in [0.25, 0.3) is 16.6 Å². The minimum Gasteiger partial charge on any atom is -0.372 e. The second kappa shape index (κ2) is 10.3. The molecule has 0 radical (unpaired) electrons.